The van der Waals surface area contributed by atoms with Gasteiger partial charge >= 0.3 is 5.97 Å². The molecule has 0 saturated heterocycles. The van der Waals surface area contributed by atoms with Gasteiger partial charge in [-0.2, -0.15) is 5.10 Å². The lowest BCUT2D eigenvalue weighted by atomic mass is 10.2. The van der Waals surface area contributed by atoms with Crippen molar-refractivity contribution >= 4 is 17.6 Å². The third-order valence-electron chi connectivity index (χ3n) is 2.37. The van der Waals surface area contributed by atoms with Crippen LogP contribution >= 0.6 is 0 Å². The van der Waals surface area contributed by atoms with Crippen LogP contribution in [0.4, 0.5) is 5.69 Å². The first-order valence-corrected chi connectivity index (χ1v) is 5.72. The van der Waals surface area contributed by atoms with Crippen LogP contribution in [-0.4, -0.2) is 46.2 Å². The largest absolute Gasteiger partial charge is 0.465 e. The minimum atomic E-state index is -0.447. The van der Waals surface area contributed by atoms with Crippen molar-refractivity contribution in [3.63, 3.8) is 0 Å². The van der Waals surface area contributed by atoms with Gasteiger partial charge in [-0.3, -0.25) is 14.7 Å². The maximum absolute atomic E-state index is 12.2. The Balaban J connectivity index is 2.83. The van der Waals surface area contributed by atoms with Crippen LogP contribution < -0.4 is 5.73 Å². The summed E-state index contributed by atoms with van der Waals surface area (Å²) in [6.07, 6.45) is 1.36. The van der Waals surface area contributed by atoms with Crippen LogP contribution in [0.1, 0.15) is 31.3 Å². The van der Waals surface area contributed by atoms with Crippen LogP contribution in [0.15, 0.2) is 6.20 Å². The third kappa shape index (κ3) is 3.22. The van der Waals surface area contributed by atoms with E-state index < -0.39 is 5.97 Å². The highest BCUT2D eigenvalue weighted by Gasteiger charge is 2.24. The molecule has 1 aromatic rings. The van der Waals surface area contributed by atoms with E-state index in [1.165, 1.54) is 11.1 Å². The number of hydrogen-bond acceptors (Lipinski definition) is 5. The molecule has 0 aromatic carbocycles. The summed E-state index contributed by atoms with van der Waals surface area (Å²) in [5, 5.41) is 6.21. The molecule has 18 heavy (non-hydrogen) atoms. The van der Waals surface area contributed by atoms with Crippen molar-refractivity contribution in [2.75, 3.05) is 18.9 Å². The van der Waals surface area contributed by atoms with Crippen LogP contribution in [0.25, 0.3) is 0 Å². The number of carbonyl (C=O) groups excluding carboxylic acids is 2. The lowest BCUT2D eigenvalue weighted by Gasteiger charge is -2.25. The molecule has 0 fully saturated rings. The number of nitrogens with one attached hydrogen (secondary N) is 1. The molecule has 0 bridgehead atoms. The Kier molecular flexibility index (Phi) is 4.70. The lowest BCUT2D eigenvalue weighted by Crippen LogP contribution is -2.41. The number of anilines is 1. The minimum Gasteiger partial charge on any atom is -0.465 e. The fourth-order valence-corrected chi connectivity index (χ4v) is 1.44. The first kappa shape index (κ1) is 14.0. The first-order chi connectivity index (χ1) is 8.47. The van der Waals surface area contributed by atoms with Gasteiger partial charge in [-0.25, -0.2) is 0 Å². The van der Waals surface area contributed by atoms with Crippen molar-refractivity contribution in [3.8, 4) is 0 Å². The molecule has 1 heterocycles. The van der Waals surface area contributed by atoms with E-state index in [-0.39, 0.29) is 36.5 Å². The molecule has 7 heteroatoms. The number of nitrogens with zero attached hydrogens (tertiary/aromatic N) is 2. The molecule has 0 saturated carbocycles. The van der Waals surface area contributed by atoms with Crippen molar-refractivity contribution in [1.29, 1.82) is 0 Å². The van der Waals surface area contributed by atoms with Gasteiger partial charge in [0.15, 0.2) is 0 Å². The van der Waals surface area contributed by atoms with Gasteiger partial charge in [0.05, 0.1) is 18.5 Å². The van der Waals surface area contributed by atoms with Crippen LogP contribution in [-0.2, 0) is 9.53 Å². The fourth-order valence-electron chi connectivity index (χ4n) is 1.44. The predicted octanol–water partition coefficient (Wildman–Crippen LogP) is 0.406. The predicted molar refractivity (Wildman–Crippen MR) is 65.8 cm³/mol. The highest BCUT2D eigenvalue weighted by Crippen LogP contribution is 2.12. The van der Waals surface area contributed by atoms with Crippen LogP contribution in [0, 0.1) is 0 Å². The maximum Gasteiger partial charge on any atom is 0.325 e. The van der Waals surface area contributed by atoms with Crippen molar-refractivity contribution in [3.05, 3.63) is 11.9 Å². The number of rotatable bonds is 5. The lowest BCUT2D eigenvalue weighted by molar-refractivity contribution is -0.144. The van der Waals surface area contributed by atoms with Crippen molar-refractivity contribution in [2.45, 2.75) is 26.8 Å². The number of carbonyl (C=O) groups is 2. The zero-order chi connectivity index (χ0) is 13.7. The summed E-state index contributed by atoms with van der Waals surface area (Å²) in [6.45, 7) is 5.51. The van der Waals surface area contributed by atoms with Gasteiger partial charge < -0.3 is 15.4 Å². The van der Waals surface area contributed by atoms with Gasteiger partial charge in [-0.1, -0.05) is 0 Å². The highest BCUT2D eigenvalue weighted by molar-refractivity contribution is 5.98. The van der Waals surface area contributed by atoms with Crippen molar-refractivity contribution in [1.82, 2.24) is 15.1 Å². The van der Waals surface area contributed by atoms with Crippen LogP contribution in [0.3, 0.4) is 0 Å². The number of aromatic amines is 1. The number of nitrogens with two attached hydrogens (primary N) is 1. The second kappa shape index (κ2) is 6.04. The number of hydrogen-bond donors (Lipinski definition) is 2. The average Bonchev–Trinajstić information content (AvgIpc) is 2.71. The zero-order valence-electron chi connectivity index (χ0n) is 10.8. The quantitative estimate of drug-likeness (QED) is 0.741. The molecular formula is C11H18N4O3. The molecule has 0 spiro atoms. The highest BCUT2D eigenvalue weighted by atomic mass is 16.5. The molecule has 100 valence electrons. The van der Waals surface area contributed by atoms with Crippen LogP contribution in [0.2, 0.25) is 0 Å². The van der Waals surface area contributed by atoms with Crippen molar-refractivity contribution < 1.29 is 14.3 Å². The van der Waals surface area contributed by atoms with Gasteiger partial charge in [-0.15, -0.1) is 0 Å². The molecule has 7 nitrogen and oxygen atoms in total. The zero-order valence-corrected chi connectivity index (χ0v) is 10.8. The monoisotopic (exact) mass is 254 g/mol. The van der Waals surface area contributed by atoms with Gasteiger partial charge in [0, 0.05) is 6.04 Å². The van der Waals surface area contributed by atoms with E-state index in [9.17, 15) is 9.59 Å². The van der Waals surface area contributed by atoms with E-state index in [1.807, 2.05) is 13.8 Å². The average molecular weight is 254 g/mol. The molecule has 1 aromatic heterocycles. The maximum atomic E-state index is 12.2. The first-order valence-electron chi connectivity index (χ1n) is 5.72. The van der Waals surface area contributed by atoms with E-state index in [2.05, 4.69) is 10.2 Å². The standard InChI is InChI=1S/C11H18N4O3/c1-4-18-9(16)6-15(7(2)3)11(17)10-8(12)5-13-14-10/h5,7H,4,6,12H2,1-3H3,(H,13,14). The number of ether oxygens (including phenoxy) is 1. The molecule has 0 aliphatic heterocycles. The molecule has 0 radical (unpaired) electrons. The molecule has 0 aliphatic carbocycles. The molecule has 0 atom stereocenters. The van der Waals surface area contributed by atoms with Crippen LogP contribution in [0.5, 0.6) is 0 Å². The van der Waals surface area contributed by atoms with E-state index in [0.717, 1.165) is 0 Å². The fraction of sp³-hybridized carbons (Fsp3) is 0.545. The Morgan fingerprint density at radius 2 is 2.22 bits per heavy atom. The SMILES string of the molecule is CCOC(=O)CN(C(=O)c1[nH]ncc1N)C(C)C. The van der Waals surface area contributed by atoms with Gasteiger partial charge in [-0.05, 0) is 20.8 Å². The summed E-state index contributed by atoms with van der Waals surface area (Å²) in [7, 11) is 0. The van der Waals surface area contributed by atoms with E-state index in [4.69, 9.17) is 10.5 Å². The summed E-state index contributed by atoms with van der Waals surface area (Å²) >= 11 is 0. The third-order valence-corrected chi connectivity index (χ3v) is 2.37. The number of esters is 1. The number of nitrogen functional groups attached to an aromatic ring is 1. The normalized spacial score (nSPS) is 10.4. The topological polar surface area (TPSA) is 101 Å². The Hall–Kier alpha value is -2.05. The van der Waals surface area contributed by atoms with E-state index >= 15 is 0 Å². The van der Waals surface area contributed by atoms with E-state index in [1.54, 1.807) is 6.92 Å². The summed E-state index contributed by atoms with van der Waals surface area (Å²) in [4.78, 5) is 25.0. The smallest absolute Gasteiger partial charge is 0.325 e. The number of H-pyrrole nitrogens is 1. The summed E-state index contributed by atoms with van der Waals surface area (Å²) in [6, 6.07) is -0.149. The van der Waals surface area contributed by atoms with Crippen molar-refractivity contribution in [2.24, 2.45) is 0 Å². The molecule has 0 aliphatic rings. The second-order valence-electron chi connectivity index (χ2n) is 4.03. The van der Waals surface area contributed by atoms with Gasteiger partial charge in [0.2, 0.25) is 0 Å². The molecule has 1 rings (SSSR count). The minimum absolute atomic E-state index is 0.108. The Morgan fingerprint density at radius 1 is 1.56 bits per heavy atom. The molecule has 3 N–H and O–H groups in total. The Labute approximate surface area is 105 Å². The Morgan fingerprint density at radius 3 is 2.67 bits per heavy atom. The molecule has 0 unspecified atom stereocenters. The van der Waals surface area contributed by atoms with E-state index in [0.29, 0.717) is 0 Å². The number of aromatic nitrogens is 2. The Bertz CT molecular complexity index is 428. The summed E-state index contributed by atoms with van der Waals surface area (Å²) in [5.74, 6) is -0.814. The van der Waals surface area contributed by atoms with Gasteiger partial charge in [0.25, 0.3) is 5.91 Å². The summed E-state index contributed by atoms with van der Waals surface area (Å²) < 4.78 is 4.83. The molecular weight excluding hydrogens is 236 g/mol. The molecule has 1 amide bonds. The summed E-state index contributed by atoms with van der Waals surface area (Å²) in [5.41, 5.74) is 6.06. The second-order valence-corrected chi connectivity index (χ2v) is 4.03. The number of amides is 1. The van der Waals surface area contributed by atoms with Gasteiger partial charge in [0.1, 0.15) is 12.2 Å².